The van der Waals surface area contributed by atoms with Crippen LogP contribution in [0.1, 0.15) is 30.1 Å². The Kier molecular flexibility index (Phi) is 5.63. The van der Waals surface area contributed by atoms with Crippen molar-refractivity contribution < 1.29 is 9.90 Å². The third kappa shape index (κ3) is 4.22. The summed E-state index contributed by atoms with van der Waals surface area (Å²) in [7, 11) is 0. The van der Waals surface area contributed by atoms with Crippen molar-refractivity contribution in [2.24, 2.45) is 5.92 Å². The predicted octanol–water partition coefficient (Wildman–Crippen LogP) is 3.92. The molecule has 0 amide bonds. The van der Waals surface area contributed by atoms with Gasteiger partial charge in [0.1, 0.15) is 0 Å². The molecule has 3 rings (SSSR count). The number of aromatic nitrogens is 1. The van der Waals surface area contributed by atoms with Crippen molar-refractivity contribution >= 4 is 21.9 Å². The maximum absolute atomic E-state index is 11.2. The Morgan fingerprint density at radius 3 is 2.67 bits per heavy atom. The first-order valence-corrected chi connectivity index (χ1v) is 9.05. The molecule has 0 bridgehead atoms. The Morgan fingerprint density at radius 2 is 2.04 bits per heavy atom. The quantitative estimate of drug-likeness (QED) is 0.842. The third-order valence-electron chi connectivity index (χ3n) is 4.68. The molecule has 1 aliphatic heterocycles. The molecule has 1 aliphatic rings. The first kappa shape index (κ1) is 17.1. The van der Waals surface area contributed by atoms with Gasteiger partial charge >= 0.3 is 5.97 Å². The number of carboxylic acids is 1. The van der Waals surface area contributed by atoms with Crippen molar-refractivity contribution in [1.29, 1.82) is 0 Å². The van der Waals surface area contributed by atoms with Gasteiger partial charge in [0, 0.05) is 28.8 Å². The zero-order chi connectivity index (χ0) is 16.9. The highest BCUT2D eigenvalue weighted by Crippen LogP contribution is 2.30. The number of carbonyl (C=O) groups is 1. The number of nitrogens with zero attached hydrogens (tertiary/aromatic N) is 2. The van der Waals surface area contributed by atoms with Gasteiger partial charge in [-0.2, -0.15) is 0 Å². The van der Waals surface area contributed by atoms with Gasteiger partial charge in [-0.1, -0.05) is 34.1 Å². The Hall–Kier alpha value is -1.72. The summed E-state index contributed by atoms with van der Waals surface area (Å²) in [6.07, 6.45) is 4.07. The Morgan fingerprint density at radius 1 is 1.25 bits per heavy atom. The van der Waals surface area contributed by atoms with Crippen LogP contribution < -0.4 is 0 Å². The molecule has 2 aromatic rings. The molecule has 0 aliphatic carbocycles. The first-order chi connectivity index (χ1) is 11.6. The van der Waals surface area contributed by atoms with Gasteiger partial charge in [-0.05, 0) is 55.8 Å². The second-order valence-corrected chi connectivity index (χ2v) is 7.16. The molecular weight excluding hydrogens is 368 g/mol. The monoisotopic (exact) mass is 388 g/mol. The van der Waals surface area contributed by atoms with Crippen LogP contribution in [-0.4, -0.2) is 34.0 Å². The topological polar surface area (TPSA) is 53.4 Å². The number of piperidine rings is 1. The minimum Gasteiger partial charge on any atom is -0.481 e. The van der Waals surface area contributed by atoms with Gasteiger partial charge in [-0.25, -0.2) is 0 Å². The summed E-state index contributed by atoms with van der Waals surface area (Å²) in [5, 5.41) is 9.22. The highest BCUT2D eigenvalue weighted by Gasteiger charge is 2.29. The number of rotatable bonds is 5. The average molecular weight is 389 g/mol. The molecule has 5 heteroatoms. The largest absolute Gasteiger partial charge is 0.481 e. The molecular formula is C19H21BrN2O2. The Labute approximate surface area is 150 Å². The van der Waals surface area contributed by atoms with Gasteiger partial charge in [0.2, 0.25) is 0 Å². The highest BCUT2D eigenvalue weighted by atomic mass is 79.9. The molecule has 126 valence electrons. The number of likely N-dealkylation sites (tertiary alicyclic amines) is 1. The number of halogens is 1. The zero-order valence-electron chi connectivity index (χ0n) is 13.4. The molecule has 1 atom stereocenters. The SMILES string of the molecule is O=C(O)C1CCN(C(Cc2ccccn2)c2cccc(Br)c2)CC1. The van der Waals surface area contributed by atoms with Crippen LogP contribution in [0.2, 0.25) is 0 Å². The number of benzene rings is 1. The molecule has 0 spiro atoms. The second kappa shape index (κ2) is 7.90. The predicted molar refractivity (Wildman–Crippen MR) is 96.8 cm³/mol. The lowest BCUT2D eigenvalue weighted by Crippen LogP contribution is -2.39. The van der Waals surface area contributed by atoms with E-state index in [2.05, 4.69) is 50.1 Å². The maximum Gasteiger partial charge on any atom is 0.306 e. The van der Waals surface area contributed by atoms with Crippen LogP contribution in [-0.2, 0) is 11.2 Å². The van der Waals surface area contributed by atoms with E-state index in [1.807, 2.05) is 24.4 Å². The van der Waals surface area contributed by atoms with Gasteiger partial charge in [0.25, 0.3) is 0 Å². The summed E-state index contributed by atoms with van der Waals surface area (Å²) in [6.45, 7) is 1.61. The van der Waals surface area contributed by atoms with E-state index < -0.39 is 5.97 Å². The van der Waals surface area contributed by atoms with Gasteiger partial charge in [-0.3, -0.25) is 14.7 Å². The minimum atomic E-state index is -0.668. The van der Waals surface area contributed by atoms with Crippen molar-refractivity contribution in [3.05, 3.63) is 64.4 Å². The number of hydrogen-bond acceptors (Lipinski definition) is 3. The maximum atomic E-state index is 11.2. The zero-order valence-corrected chi connectivity index (χ0v) is 15.0. The summed E-state index contributed by atoms with van der Waals surface area (Å²) in [6, 6.07) is 14.6. The molecule has 1 saturated heterocycles. The molecule has 1 aromatic carbocycles. The molecule has 0 saturated carbocycles. The van der Waals surface area contributed by atoms with Crippen LogP contribution in [0.25, 0.3) is 0 Å². The van der Waals surface area contributed by atoms with E-state index in [4.69, 9.17) is 0 Å². The fraction of sp³-hybridized carbons (Fsp3) is 0.368. The fourth-order valence-corrected chi connectivity index (χ4v) is 3.76. The third-order valence-corrected chi connectivity index (χ3v) is 5.17. The van der Waals surface area contributed by atoms with Gasteiger partial charge in [0.15, 0.2) is 0 Å². The number of aliphatic carboxylic acids is 1. The fourth-order valence-electron chi connectivity index (χ4n) is 3.35. The van der Waals surface area contributed by atoms with Crippen LogP contribution in [0.5, 0.6) is 0 Å². The van der Waals surface area contributed by atoms with Crippen LogP contribution >= 0.6 is 15.9 Å². The summed E-state index contributed by atoms with van der Waals surface area (Å²) in [5.41, 5.74) is 2.30. The van der Waals surface area contributed by atoms with Crippen LogP contribution in [0.3, 0.4) is 0 Å². The lowest BCUT2D eigenvalue weighted by atomic mass is 9.92. The van der Waals surface area contributed by atoms with E-state index in [-0.39, 0.29) is 12.0 Å². The lowest BCUT2D eigenvalue weighted by molar-refractivity contribution is -0.143. The normalized spacial score (nSPS) is 17.5. The average Bonchev–Trinajstić information content (AvgIpc) is 2.61. The van der Waals surface area contributed by atoms with E-state index in [0.29, 0.717) is 12.8 Å². The standard InChI is InChI=1S/C19H21BrN2O2/c20-16-5-3-4-15(12-16)18(13-17-6-1-2-9-21-17)22-10-7-14(8-11-22)19(23)24/h1-6,9,12,14,18H,7-8,10-11,13H2,(H,23,24). The molecule has 0 radical (unpaired) electrons. The van der Waals surface area contributed by atoms with E-state index in [1.54, 1.807) is 0 Å². The summed E-state index contributed by atoms with van der Waals surface area (Å²) < 4.78 is 1.06. The molecule has 24 heavy (non-hydrogen) atoms. The highest BCUT2D eigenvalue weighted by molar-refractivity contribution is 9.10. The summed E-state index contributed by atoms with van der Waals surface area (Å²) in [4.78, 5) is 18.1. The Balaban J connectivity index is 1.81. The van der Waals surface area contributed by atoms with E-state index in [0.717, 1.165) is 29.7 Å². The van der Waals surface area contributed by atoms with Crippen molar-refractivity contribution in [3.63, 3.8) is 0 Å². The smallest absolute Gasteiger partial charge is 0.306 e. The summed E-state index contributed by atoms with van der Waals surface area (Å²) in [5.74, 6) is -0.877. The number of pyridine rings is 1. The molecule has 1 fully saturated rings. The van der Waals surface area contributed by atoms with Gasteiger partial charge in [0.05, 0.1) is 5.92 Å². The van der Waals surface area contributed by atoms with Crippen molar-refractivity contribution in [3.8, 4) is 0 Å². The minimum absolute atomic E-state index is 0.209. The van der Waals surface area contributed by atoms with Crippen LogP contribution in [0.4, 0.5) is 0 Å². The van der Waals surface area contributed by atoms with Crippen LogP contribution in [0, 0.1) is 5.92 Å². The summed E-state index contributed by atoms with van der Waals surface area (Å²) >= 11 is 3.56. The molecule has 1 aromatic heterocycles. The van der Waals surface area contributed by atoms with Crippen molar-refractivity contribution in [2.75, 3.05) is 13.1 Å². The van der Waals surface area contributed by atoms with Crippen LogP contribution in [0.15, 0.2) is 53.1 Å². The lowest BCUT2D eigenvalue weighted by Gasteiger charge is -2.37. The van der Waals surface area contributed by atoms with Crippen molar-refractivity contribution in [2.45, 2.75) is 25.3 Å². The molecule has 1 N–H and O–H groups in total. The van der Waals surface area contributed by atoms with Crippen molar-refractivity contribution in [1.82, 2.24) is 9.88 Å². The molecule has 2 heterocycles. The Bertz CT molecular complexity index is 685. The van der Waals surface area contributed by atoms with E-state index in [1.165, 1.54) is 5.56 Å². The first-order valence-electron chi connectivity index (χ1n) is 8.25. The molecule has 4 nitrogen and oxygen atoms in total. The number of hydrogen-bond donors (Lipinski definition) is 1. The number of carboxylic acid groups (broad SMARTS) is 1. The van der Waals surface area contributed by atoms with E-state index in [9.17, 15) is 9.90 Å². The second-order valence-electron chi connectivity index (χ2n) is 6.24. The van der Waals surface area contributed by atoms with E-state index >= 15 is 0 Å². The van der Waals surface area contributed by atoms with Gasteiger partial charge < -0.3 is 5.11 Å². The van der Waals surface area contributed by atoms with Gasteiger partial charge in [-0.15, -0.1) is 0 Å². The molecule has 1 unspecified atom stereocenters.